The van der Waals surface area contributed by atoms with E-state index in [2.05, 4.69) is 5.32 Å². The van der Waals surface area contributed by atoms with Gasteiger partial charge in [-0.05, 0) is 66.9 Å². The lowest BCUT2D eigenvalue weighted by Crippen LogP contribution is -2.54. The van der Waals surface area contributed by atoms with Gasteiger partial charge >= 0.3 is 6.18 Å². The molecule has 0 heterocycles. The van der Waals surface area contributed by atoms with Crippen LogP contribution in [0.3, 0.4) is 0 Å². The number of ether oxygens (including phenoxy) is 1. The Morgan fingerprint density at radius 3 is 2.10 bits per heavy atom. The lowest BCUT2D eigenvalue weighted by molar-refractivity contribution is -0.140. The summed E-state index contributed by atoms with van der Waals surface area (Å²) in [5.74, 6) is -0.753. The molecule has 4 aromatic rings. The van der Waals surface area contributed by atoms with Gasteiger partial charge in [0, 0.05) is 19.0 Å². The minimum Gasteiger partial charge on any atom is -0.497 e. The highest BCUT2D eigenvalue weighted by molar-refractivity contribution is 7.92. The Morgan fingerprint density at radius 1 is 0.854 bits per heavy atom. The molecule has 0 aliphatic heterocycles. The smallest absolute Gasteiger partial charge is 0.416 e. The first kappa shape index (κ1) is 36.0. The lowest BCUT2D eigenvalue weighted by atomic mass is 10.0. The fourth-order valence-electron chi connectivity index (χ4n) is 5.05. The van der Waals surface area contributed by atoms with Crippen molar-refractivity contribution >= 4 is 27.5 Å². The van der Waals surface area contributed by atoms with Crippen LogP contribution in [0.2, 0.25) is 0 Å². The number of hydrogen-bond donors (Lipinski definition) is 1. The second kappa shape index (κ2) is 15.8. The minimum absolute atomic E-state index is 0.0911. The number of nitrogens with zero attached hydrogens (tertiary/aromatic N) is 2. The molecule has 254 valence electrons. The van der Waals surface area contributed by atoms with Crippen LogP contribution in [0.4, 0.5) is 18.9 Å². The van der Waals surface area contributed by atoms with Gasteiger partial charge in [0.1, 0.15) is 18.3 Å². The van der Waals surface area contributed by atoms with Crippen LogP contribution < -0.4 is 14.4 Å². The zero-order valence-electron chi connectivity index (χ0n) is 26.9. The molecule has 12 heteroatoms. The first-order valence-electron chi connectivity index (χ1n) is 15.3. The van der Waals surface area contributed by atoms with Crippen molar-refractivity contribution in [3.05, 3.63) is 126 Å². The highest BCUT2D eigenvalue weighted by atomic mass is 32.2. The maximum absolute atomic E-state index is 14.5. The average molecular weight is 682 g/mol. The van der Waals surface area contributed by atoms with E-state index in [1.165, 1.54) is 42.3 Å². The predicted octanol–water partition coefficient (Wildman–Crippen LogP) is 6.46. The number of alkyl halides is 3. The molecule has 0 bridgehead atoms. The Kier molecular flexibility index (Phi) is 11.9. The molecule has 2 amide bonds. The van der Waals surface area contributed by atoms with E-state index in [1.807, 2.05) is 32.0 Å². The molecule has 2 atom stereocenters. The molecule has 48 heavy (non-hydrogen) atoms. The molecular formula is C36H38F3N3O5S. The zero-order valence-corrected chi connectivity index (χ0v) is 27.7. The third-order valence-corrected chi connectivity index (χ3v) is 9.62. The van der Waals surface area contributed by atoms with Crippen LogP contribution in [0.25, 0.3) is 0 Å². The molecule has 2 unspecified atom stereocenters. The normalized spacial score (nSPS) is 12.9. The van der Waals surface area contributed by atoms with Gasteiger partial charge in [0.05, 0.1) is 23.3 Å². The molecule has 0 aliphatic rings. The van der Waals surface area contributed by atoms with Gasteiger partial charge < -0.3 is 15.0 Å². The number of carbonyl (C=O) groups excluding carboxylic acids is 2. The number of rotatable bonds is 14. The minimum atomic E-state index is -4.77. The number of carbonyl (C=O) groups is 2. The van der Waals surface area contributed by atoms with Crippen LogP contribution in [-0.2, 0) is 38.8 Å². The van der Waals surface area contributed by atoms with E-state index in [0.29, 0.717) is 28.1 Å². The first-order valence-corrected chi connectivity index (χ1v) is 16.8. The van der Waals surface area contributed by atoms with Gasteiger partial charge in [-0.25, -0.2) is 8.42 Å². The average Bonchev–Trinajstić information content (AvgIpc) is 3.09. The van der Waals surface area contributed by atoms with Crippen LogP contribution in [0.15, 0.2) is 114 Å². The van der Waals surface area contributed by atoms with E-state index >= 15 is 0 Å². The highest BCUT2D eigenvalue weighted by Gasteiger charge is 2.36. The Bertz CT molecular complexity index is 1790. The summed E-state index contributed by atoms with van der Waals surface area (Å²) in [6.45, 7) is 2.72. The van der Waals surface area contributed by atoms with E-state index < -0.39 is 46.2 Å². The number of hydrogen-bond acceptors (Lipinski definition) is 5. The second-order valence-corrected chi connectivity index (χ2v) is 13.1. The van der Waals surface area contributed by atoms with Gasteiger partial charge in [0.25, 0.3) is 10.0 Å². The number of halogens is 3. The van der Waals surface area contributed by atoms with Crippen molar-refractivity contribution < 1.29 is 35.9 Å². The topological polar surface area (TPSA) is 96.0 Å². The summed E-state index contributed by atoms with van der Waals surface area (Å²) in [7, 11) is -3.07. The van der Waals surface area contributed by atoms with E-state index in [4.69, 9.17) is 4.74 Å². The molecule has 1 N–H and O–H groups in total. The number of sulfonamides is 1. The number of amides is 2. The summed E-state index contributed by atoms with van der Waals surface area (Å²) in [5.41, 5.74) is -0.0959. The van der Waals surface area contributed by atoms with Gasteiger partial charge in [0.15, 0.2) is 0 Å². The van der Waals surface area contributed by atoms with Crippen LogP contribution >= 0.6 is 0 Å². The predicted molar refractivity (Wildman–Crippen MR) is 178 cm³/mol. The third-order valence-electron chi connectivity index (χ3n) is 7.83. The van der Waals surface area contributed by atoms with Crippen LogP contribution in [-0.4, -0.2) is 50.9 Å². The summed E-state index contributed by atoms with van der Waals surface area (Å²) in [6, 6.07) is 25.5. The summed E-state index contributed by atoms with van der Waals surface area (Å²) in [5, 5.41) is 2.94. The third kappa shape index (κ3) is 9.15. The van der Waals surface area contributed by atoms with Gasteiger partial charge in [0.2, 0.25) is 11.8 Å². The fraction of sp³-hybridized carbons (Fsp3) is 0.278. The quantitative estimate of drug-likeness (QED) is 0.165. The zero-order chi connectivity index (χ0) is 34.9. The van der Waals surface area contributed by atoms with Gasteiger partial charge in [-0.1, -0.05) is 73.7 Å². The highest BCUT2D eigenvalue weighted by Crippen LogP contribution is 2.33. The van der Waals surface area contributed by atoms with E-state index in [-0.39, 0.29) is 29.6 Å². The van der Waals surface area contributed by atoms with Crippen molar-refractivity contribution in [1.82, 2.24) is 10.2 Å². The second-order valence-electron chi connectivity index (χ2n) is 11.3. The van der Waals surface area contributed by atoms with Crippen molar-refractivity contribution in [2.45, 2.75) is 56.4 Å². The molecule has 0 saturated heterocycles. The molecule has 4 aromatic carbocycles. The Hall–Kier alpha value is -4.84. The summed E-state index contributed by atoms with van der Waals surface area (Å²) in [4.78, 5) is 29.5. The lowest BCUT2D eigenvalue weighted by Gasteiger charge is -2.34. The molecule has 8 nitrogen and oxygen atoms in total. The van der Waals surface area contributed by atoms with Gasteiger partial charge in [-0.3, -0.25) is 13.9 Å². The van der Waals surface area contributed by atoms with Crippen LogP contribution in [0.5, 0.6) is 5.75 Å². The molecular weight excluding hydrogens is 643 g/mol. The number of benzene rings is 4. The molecule has 0 radical (unpaired) electrons. The molecule has 0 fully saturated rings. The Morgan fingerprint density at radius 2 is 1.48 bits per heavy atom. The number of methoxy groups -OCH3 is 1. The Balaban J connectivity index is 1.85. The molecule has 0 spiro atoms. The molecule has 0 aliphatic carbocycles. The van der Waals surface area contributed by atoms with Crippen molar-refractivity contribution in [2.24, 2.45) is 0 Å². The summed E-state index contributed by atoms with van der Waals surface area (Å²) in [6.07, 6.45) is -4.06. The van der Waals surface area contributed by atoms with Crippen molar-refractivity contribution in [3.63, 3.8) is 0 Å². The summed E-state index contributed by atoms with van der Waals surface area (Å²) < 4.78 is 75.5. The monoisotopic (exact) mass is 681 g/mol. The number of nitrogens with one attached hydrogen (secondary N) is 1. The largest absolute Gasteiger partial charge is 0.497 e. The van der Waals surface area contributed by atoms with Crippen LogP contribution in [0, 0.1) is 0 Å². The summed E-state index contributed by atoms with van der Waals surface area (Å²) >= 11 is 0. The maximum atomic E-state index is 14.5. The van der Waals surface area contributed by atoms with Gasteiger partial charge in [-0.15, -0.1) is 0 Å². The molecule has 4 rings (SSSR count). The molecule has 0 saturated carbocycles. The Labute approximate surface area is 279 Å². The first-order chi connectivity index (χ1) is 22.8. The van der Waals surface area contributed by atoms with Gasteiger partial charge in [-0.2, -0.15) is 13.2 Å². The van der Waals surface area contributed by atoms with Crippen molar-refractivity contribution in [2.75, 3.05) is 18.0 Å². The number of anilines is 1. The van der Waals surface area contributed by atoms with Crippen LogP contribution in [0.1, 0.15) is 37.0 Å². The van der Waals surface area contributed by atoms with E-state index in [9.17, 15) is 31.2 Å². The SMILES string of the molecule is CCC(C)NC(=O)C(Cc1ccccc1)N(Cc1cccc(OC)c1)C(=O)CN(c1cccc(C(F)(F)F)c1)S(=O)(=O)c1ccccc1. The van der Waals surface area contributed by atoms with E-state index in [0.717, 1.165) is 17.7 Å². The standard InChI is InChI=1S/C36H38F3N3O5S/c1-4-26(2)40-35(44)33(22-27-13-7-5-8-14-27)41(24-28-15-11-18-31(21-28)47-3)34(43)25-42(48(45,46)32-19-9-6-10-20-32)30-17-12-16-29(23-30)36(37,38)39/h5-21,23,26,33H,4,22,24-25H2,1-3H3,(H,40,44). The van der Waals surface area contributed by atoms with E-state index in [1.54, 1.807) is 42.5 Å². The van der Waals surface area contributed by atoms with Crippen molar-refractivity contribution in [3.8, 4) is 5.75 Å². The van der Waals surface area contributed by atoms with Crippen molar-refractivity contribution in [1.29, 1.82) is 0 Å². The maximum Gasteiger partial charge on any atom is 0.416 e. The molecule has 0 aromatic heterocycles. The fourth-order valence-corrected chi connectivity index (χ4v) is 6.48.